The van der Waals surface area contributed by atoms with Crippen molar-refractivity contribution in [3.05, 3.63) is 70.2 Å². The lowest BCUT2D eigenvalue weighted by Crippen LogP contribution is -2.22. The van der Waals surface area contributed by atoms with Crippen LogP contribution >= 0.6 is 11.6 Å². The molecule has 0 fully saturated rings. The van der Waals surface area contributed by atoms with E-state index in [1.54, 1.807) is 19.1 Å². The minimum atomic E-state index is -0.988. The average molecular weight is 247 g/mol. The minimum absolute atomic E-state index is 0.674. The Hall–Kier alpha value is -1.31. The molecule has 88 valence electrons. The first-order valence-corrected chi connectivity index (χ1v) is 5.93. The first-order valence-electron chi connectivity index (χ1n) is 5.56. The zero-order valence-electron chi connectivity index (χ0n) is 9.94. The molecule has 2 heteroatoms. The predicted molar refractivity (Wildman–Crippen MR) is 71.3 cm³/mol. The molecular weight excluding hydrogens is 232 g/mol. The summed E-state index contributed by atoms with van der Waals surface area (Å²) < 4.78 is 0. The van der Waals surface area contributed by atoms with Crippen molar-refractivity contribution in [2.24, 2.45) is 0 Å². The number of aliphatic hydroxyl groups is 1. The lowest BCUT2D eigenvalue weighted by atomic mass is 9.88. The molecule has 0 saturated heterocycles. The van der Waals surface area contributed by atoms with E-state index in [1.807, 2.05) is 43.3 Å². The number of benzene rings is 2. The van der Waals surface area contributed by atoms with Crippen LogP contribution in [0, 0.1) is 6.92 Å². The van der Waals surface area contributed by atoms with Crippen molar-refractivity contribution in [2.75, 3.05) is 0 Å². The number of aryl methyl sites for hydroxylation is 1. The second-order valence-corrected chi connectivity index (χ2v) is 4.88. The molecule has 0 amide bonds. The van der Waals surface area contributed by atoms with Crippen LogP contribution in [0.3, 0.4) is 0 Å². The van der Waals surface area contributed by atoms with Gasteiger partial charge in [0.1, 0.15) is 5.60 Å². The van der Waals surface area contributed by atoms with Crippen LogP contribution in [0.2, 0.25) is 5.02 Å². The van der Waals surface area contributed by atoms with E-state index in [1.165, 1.54) is 5.56 Å². The highest BCUT2D eigenvalue weighted by molar-refractivity contribution is 6.30. The summed E-state index contributed by atoms with van der Waals surface area (Å²) in [7, 11) is 0. The lowest BCUT2D eigenvalue weighted by Gasteiger charge is -2.24. The fraction of sp³-hybridized carbons (Fsp3) is 0.200. The monoisotopic (exact) mass is 246 g/mol. The molecule has 0 bridgehead atoms. The van der Waals surface area contributed by atoms with Crippen LogP contribution in [0.1, 0.15) is 23.6 Å². The maximum Gasteiger partial charge on any atom is 0.112 e. The number of halogens is 1. The third kappa shape index (κ3) is 2.51. The van der Waals surface area contributed by atoms with Gasteiger partial charge in [0.25, 0.3) is 0 Å². The fourth-order valence-corrected chi connectivity index (χ4v) is 1.95. The normalized spacial score (nSPS) is 14.4. The van der Waals surface area contributed by atoms with Gasteiger partial charge in [-0.05, 0) is 37.1 Å². The molecule has 0 spiro atoms. The smallest absolute Gasteiger partial charge is 0.112 e. The molecule has 2 rings (SSSR count). The number of hydrogen-bond acceptors (Lipinski definition) is 1. The van der Waals surface area contributed by atoms with E-state index in [0.29, 0.717) is 5.02 Å². The van der Waals surface area contributed by atoms with Gasteiger partial charge in [-0.1, -0.05) is 53.6 Å². The van der Waals surface area contributed by atoms with Crippen molar-refractivity contribution in [3.8, 4) is 0 Å². The highest BCUT2D eigenvalue weighted by Crippen LogP contribution is 2.29. The summed E-state index contributed by atoms with van der Waals surface area (Å²) in [5, 5.41) is 11.3. The molecule has 0 aromatic heterocycles. The Kier molecular flexibility index (Phi) is 3.23. The van der Waals surface area contributed by atoms with Crippen molar-refractivity contribution in [3.63, 3.8) is 0 Å². The molecule has 1 N–H and O–H groups in total. The van der Waals surface area contributed by atoms with E-state index in [0.717, 1.165) is 11.1 Å². The molecule has 0 heterocycles. The van der Waals surface area contributed by atoms with E-state index < -0.39 is 5.60 Å². The molecular formula is C15H15ClO. The van der Waals surface area contributed by atoms with Crippen molar-refractivity contribution in [1.29, 1.82) is 0 Å². The molecule has 0 aliphatic rings. The third-order valence-electron chi connectivity index (χ3n) is 3.02. The lowest BCUT2D eigenvalue weighted by molar-refractivity contribution is 0.102. The molecule has 0 aliphatic carbocycles. The Morgan fingerprint density at radius 2 is 1.29 bits per heavy atom. The Balaban J connectivity index is 2.41. The molecule has 0 saturated carbocycles. The van der Waals surface area contributed by atoms with Gasteiger partial charge in [0.2, 0.25) is 0 Å². The molecule has 1 unspecified atom stereocenters. The van der Waals surface area contributed by atoms with Crippen molar-refractivity contribution in [1.82, 2.24) is 0 Å². The largest absolute Gasteiger partial charge is 0.381 e. The molecule has 2 aromatic carbocycles. The Bertz CT molecular complexity index is 450. The first-order chi connectivity index (χ1) is 8.00. The summed E-state index contributed by atoms with van der Waals surface area (Å²) in [6.07, 6.45) is 0. The van der Waals surface area contributed by atoms with Gasteiger partial charge in [0, 0.05) is 5.02 Å². The summed E-state index contributed by atoms with van der Waals surface area (Å²) in [6.45, 7) is 3.82. The van der Waals surface area contributed by atoms with Gasteiger partial charge in [-0.2, -0.15) is 0 Å². The molecule has 1 nitrogen and oxygen atoms in total. The zero-order chi connectivity index (χ0) is 12.5. The summed E-state index contributed by atoms with van der Waals surface area (Å²) in [4.78, 5) is 0. The van der Waals surface area contributed by atoms with Crippen molar-refractivity contribution < 1.29 is 5.11 Å². The number of rotatable bonds is 2. The van der Waals surface area contributed by atoms with Crippen LogP contribution in [0.5, 0.6) is 0 Å². The second kappa shape index (κ2) is 4.52. The van der Waals surface area contributed by atoms with Crippen LogP contribution in [-0.4, -0.2) is 5.11 Å². The zero-order valence-corrected chi connectivity index (χ0v) is 10.7. The van der Waals surface area contributed by atoms with Crippen LogP contribution in [0.4, 0.5) is 0 Å². The van der Waals surface area contributed by atoms with Gasteiger partial charge < -0.3 is 5.11 Å². The number of hydrogen-bond donors (Lipinski definition) is 1. The van der Waals surface area contributed by atoms with E-state index >= 15 is 0 Å². The van der Waals surface area contributed by atoms with Gasteiger partial charge >= 0.3 is 0 Å². The second-order valence-electron chi connectivity index (χ2n) is 4.45. The Morgan fingerprint density at radius 3 is 1.76 bits per heavy atom. The van der Waals surface area contributed by atoms with Gasteiger partial charge in [-0.3, -0.25) is 0 Å². The van der Waals surface area contributed by atoms with E-state index in [9.17, 15) is 5.11 Å². The van der Waals surface area contributed by atoms with Crippen LogP contribution in [0.15, 0.2) is 48.5 Å². The fourth-order valence-electron chi connectivity index (χ4n) is 1.82. The highest BCUT2D eigenvalue weighted by Gasteiger charge is 2.25. The predicted octanol–water partition coefficient (Wildman–Crippen LogP) is 3.90. The molecule has 0 aliphatic heterocycles. The van der Waals surface area contributed by atoms with Gasteiger partial charge in [-0.15, -0.1) is 0 Å². The van der Waals surface area contributed by atoms with Crippen LogP contribution in [-0.2, 0) is 5.60 Å². The summed E-state index contributed by atoms with van der Waals surface area (Å²) in [5.41, 5.74) is 1.91. The Morgan fingerprint density at radius 1 is 0.882 bits per heavy atom. The maximum absolute atomic E-state index is 10.6. The van der Waals surface area contributed by atoms with E-state index in [4.69, 9.17) is 11.6 Å². The van der Waals surface area contributed by atoms with Gasteiger partial charge in [-0.25, -0.2) is 0 Å². The van der Waals surface area contributed by atoms with Crippen LogP contribution < -0.4 is 0 Å². The maximum atomic E-state index is 10.6. The average Bonchev–Trinajstić information content (AvgIpc) is 2.30. The summed E-state index contributed by atoms with van der Waals surface area (Å²) in [6, 6.07) is 15.2. The molecule has 2 aromatic rings. The van der Waals surface area contributed by atoms with Crippen molar-refractivity contribution >= 4 is 11.6 Å². The highest BCUT2D eigenvalue weighted by atomic mass is 35.5. The molecule has 0 radical (unpaired) electrons. The molecule has 17 heavy (non-hydrogen) atoms. The van der Waals surface area contributed by atoms with Crippen molar-refractivity contribution in [2.45, 2.75) is 19.4 Å². The summed E-state index contributed by atoms with van der Waals surface area (Å²) in [5.74, 6) is 0. The topological polar surface area (TPSA) is 20.2 Å². The summed E-state index contributed by atoms with van der Waals surface area (Å²) >= 11 is 5.85. The van der Waals surface area contributed by atoms with Gasteiger partial charge in [0.15, 0.2) is 0 Å². The minimum Gasteiger partial charge on any atom is -0.381 e. The van der Waals surface area contributed by atoms with Crippen LogP contribution in [0.25, 0.3) is 0 Å². The molecule has 1 atom stereocenters. The Labute approximate surface area is 107 Å². The third-order valence-corrected chi connectivity index (χ3v) is 3.27. The quantitative estimate of drug-likeness (QED) is 0.852. The SMILES string of the molecule is Cc1ccc(C(C)(O)c2ccc(Cl)cc2)cc1. The first kappa shape index (κ1) is 12.2. The van der Waals surface area contributed by atoms with E-state index in [-0.39, 0.29) is 0 Å². The standard InChI is InChI=1S/C15H15ClO/c1-11-3-5-12(6-4-11)15(2,17)13-7-9-14(16)10-8-13/h3-10,17H,1-2H3. The van der Waals surface area contributed by atoms with Gasteiger partial charge in [0.05, 0.1) is 0 Å². The van der Waals surface area contributed by atoms with E-state index in [2.05, 4.69) is 0 Å².